The summed E-state index contributed by atoms with van der Waals surface area (Å²) in [7, 11) is 0. The lowest BCUT2D eigenvalue weighted by atomic mass is 10.1. The van der Waals surface area contributed by atoms with Crippen molar-refractivity contribution in [2.75, 3.05) is 5.32 Å². The average molecular weight is 287 g/mol. The number of rotatable bonds is 5. The minimum Gasteiger partial charge on any atom is -0.480 e. The van der Waals surface area contributed by atoms with Crippen molar-refractivity contribution in [2.45, 2.75) is 32.7 Å². The molecule has 4 nitrogen and oxygen atoms in total. The van der Waals surface area contributed by atoms with Gasteiger partial charge in [0, 0.05) is 6.20 Å². The SMILES string of the molecule is CCCC(Nc1nccc(C)c1Br)C(=O)O. The lowest BCUT2D eigenvalue weighted by Gasteiger charge is -2.15. The van der Waals surface area contributed by atoms with E-state index in [9.17, 15) is 4.79 Å². The lowest BCUT2D eigenvalue weighted by Crippen LogP contribution is -2.29. The highest BCUT2D eigenvalue weighted by Crippen LogP contribution is 2.24. The van der Waals surface area contributed by atoms with Gasteiger partial charge in [0.05, 0.1) is 4.47 Å². The summed E-state index contributed by atoms with van der Waals surface area (Å²) < 4.78 is 0.817. The van der Waals surface area contributed by atoms with Crippen LogP contribution in [0.4, 0.5) is 5.82 Å². The highest BCUT2D eigenvalue weighted by molar-refractivity contribution is 9.10. The fourth-order valence-electron chi connectivity index (χ4n) is 1.35. The predicted octanol–water partition coefficient (Wildman–Crippen LogP) is 2.82. The first-order valence-electron chi connectivity index (χ1n) is 5.16. The van der Waals surface area contributed by atoms with Gasteiger partial charge in [-0.2, -0.15) is 0 Å². The first-order chi connectivity index (χ1) is 7.56. The summed E-state index contributed by atoms with van der Waals surface area (Å²) in [4.78, 5) is 15.1. The molecule has 0 aliphatic heterocycles. The number of aliphatic carboxylic acids is 1. The highest BCUT2D eigenvalue weighted by Gasteiger charge is 2.17. The Morgan fingerprint density at radius 2 is 2.38 bits per heavy atom. The normalized spacial score (nSPS) is 12.2. The fraction of sp³-hybridized carbons (Fsp3) is 0.455. The number of nitrogens with one attached hydrogen (secondary N) is 1. The molecule has 0 spiro atoms. The van der Waals surface area contributed by atoms with Gasteiger partial charge in [-0.1, -0.05) is 13.3 Å². The molecule has 1 rings (SSSR count). The van der Waals surface area contributed by atoms with E-state index >= 15 is 0 Å². The fourth-order valence-corrected chi connectivity index (χ4v) is 1.70. The van der Waals surface area contributed by atoms with Crippen LogP contribution < -0.4 is 5.32 Å². The van der Waals surface area contributed by atoms with Crippen LogP contribution in [0.25, 0.3) is 0 Å². The molecule has 1 unspecified atom stereocenters. The largest absolute Gasteiger partial charge is 0.480 e. The molecule has 0 radical (unpaired) electrons. The van der Waals surface area contributed by atoms with Crippen molar-refractivity contribution in [2.24, 2.45) is 0 Å². The van der Waals surface area contributed by atoms with Crippen molar-refractivity contribution in [3.63, 3.8) is 0 Å². The zero-order chi connectivity index (χ0) is 12.1. The van der Waals surface area contributed by atoms with Gasteiger partial charge in [-0.05, 0) is 40.9 Å². The van der Waals surface area contributed by atoms with Gasteiger partial charge in [0.25, 0.3) is 0 Å². The first kappa shape index (κ1) is 13.0. The maximum Gasteiger partial charge on any atom is 0.326 e. The van der Waals surface area contributed by atoms with Crippen molar-refractivity contribution < 1.29 is 9.90 Å². The Kier molecular flexibility index (Phi) is 4.73. The maximum absolute atomic E-state index is 11.0. The van der Waals surface area contributed by atoms with E-state index in [4.69, 9.17) is 5.11 Å². The summed E-state index contributed by atoms with van der Waals surface area (Å²) >= 11 is 3.39. The second-order valence-electron chi connectivity index (χ2n) is 3.61. The van der Waals surface area contributed by atoms with Gasteiger partial charge < -0.3 is 10.4 Å². The third-order valence-electron chi connectivity index (χ3n) is 2.27. The van der Waals surface area contributed by atoms with Gasteiger partial charge in [-0.3, -0.25) is 0 Å². The van der Waals surface area contributed by atoms with Gasteiger partial charge in [-0.25, -0.2) is 9.78 Å². The summed E-state index contributed by atoms with van der Waals surface area (Å²) in [6.45, 7) is 3.89. The molecule has 5 heteroatoms. The summed E-state index contributed by atoms with van der Waals surface area (Å²) in [6.07, 6.45) is 3.05. The van der Waals surface area contributed by atoms with Crippen LogP contribution in [0.15, 0.2) is 16.7 Å². The molecular formula is C11H15BrN2O2. The predicted molar refractivity (Wildman–Crippen MR) is 66.6 cm³/mol. The molecule has 1 aromatic heterocycles. The van der Waals surface area contributed by atoms with Gasteiger partial charge >= 0.3 is 5.97 Å². The standard InChI is InChI=1S/C11H15BrN2O2/c1-3-4-8(11(15)16)14-10-9(12)7(2)5-6-13-10/h5-6,8H,3-4H2,1-2H3,(H,13,14)(H,15,16). The first-order valence-corrected chi connectivity index (χ1v) is 5.96. The Morgan fingerprint density at radius 3 is 2.94 bits per heavy atom. The minimum atomic E-state index is -0.850. The van der Waals surface area contributed by atoms with Crippen LogP contribution in [-0.4, -0.2) is 22.1 Å². The summed E-state index contributed by atoms with van der Waals surface area (Å²) in [5.74, 6) is -0.266. The van der Waals surface area contributed by atoms with E-state index in [1.165, 1.54) is 0 Å². The number of hydrogen-bond acceptors (Lipinski definition) is 3. The number of carboxylic acid groups (broad SMARTS) is 1. The summed E-state index contributed by atoms with van der Waals surface area (Å²) in [6, 6.07) is 1.28. The molecule has 0 aromatic carbocycles. The van der Waals surface area contributed by atoms with Gasteiger partial charge in [0.1, 0.15) is 11.9 Å². The molecule has 16 heavy (non-hydrogen) atoms. The molecule has 1 aromatic rings. The van der Waals surface area contributed by atoms with E-state index in [-0.39, 0.29) is 0 Å². The topological polar surface area (TPSA) is 62.2 Å². The van der Waals surface area contributed by atoms with Crippen LogP contribution in [-0.2, 0) is 4.79 Å². The van der Waals surface area contributed by atoms with Crippen LogP contribution >= 0.6 is 15.9 Å². The summed E-state index contributed by atoms with van der Waals surface area (Å²) in [5.41, 5.74) is 1.03. The number of aromatic nitrogens is 1. The number of hydrogen-bond donors (Lipinski definition) is 2. The number of carbonyl (C=O) groups is 1. The van der Waals surface area contributed by atoms with Crippen molar-refractivity contribution in [1.29, 1.82) is 0 Å². The lowest BCUT2D eigenvalue weighted by molar-refractivity contribution is -0.138. The number of anilines is 1. The average Bonchev–Trinajstić information content (AvgIpc) is 2.23. The van der Waals surface area contributed by atoms with Crippen LogP contribution in [0.1, 0.15) is 25.3 Å². The quantitative estimate of drug-likeness (QED) is 0.874. The Morgan fingerprint density at radius 1 is 1.69 bits per heavy atom. The zero-order valence-electron chi connectivity index (χ0n) is 9.33. The van der Waals surface area contributed by atoms with Crippen LogP contribution in [0.2, 0.25) is 0 Å². The van der Waals surface area contributed by atoms with Crippen molar-refractivity contribution in [1.82, 2.24) is 4.98 Å². The zero-order valence-corrected chi connectivity index (χ0v) is 10.9. The molecule has 0 aliphatic rings. The van der Waals surface area contributed by atoms with Gasteiger partial charge in [-0.15, -0.1) is 0 Å². The molecule has 0 saturated heterocycles. The molecular weight excluding hydrogens is 272 g/mol. The molecule has 1 atom stereocenters. The number of nitrogens with zero attached hydrogens (tertiary/aromatic N) is 1. The molecule has 2 N–H and O–H groups in total. The van der Waals surface area contributed by atoms with E-state index < -0.39 is 12.0 Å². The molecule has 0 aliphatic carbocycles. The molecule has 0 fully saturated rings. The number of aryl methyl sites for hydroxylation is 1. The van der Waals surface area contributed by atoms with Gasteiger partial charge in [0.15, 0.2) is 0 Å². The van der Waals surface area contributed by atoms with E-state index in [0.717, 1.165) is 16.5 Å². The third kappa shape index (κ3) is 3.20. The smallest absolute Gasteiger partial charge is 0.326 e. The van der Waals surface area contributed by atoms with Crippen LogP contribution in [0, 0.1) is 6.92 Å². The molecule has 0 bridgehead atoms. The second-order valence-corrected chi connectivity index (χ2v) is 4.41. The van der Waals surface area contributed by atoms with Crippen molar-refractivity contribution in [3.8, 4) is 0 Å². The van der Waals surface area contributed by atoms with Crippen LogP contribution in [0.3, 0.4) is 0 Å². The van der Waals surface area contributed by atoms with E-state index in [0.29, 0.717) is 12.2 Å². The van der Waals surface area contributed by atoms with E-state index in [2.05, 4.69) is 26.2 Å². The Hall–Kier alpha value is -1.10. The van der Waals surface area contributed by atoms with E-state index in [1.807, 2.05) is 19.9 Å². The van der Waals surface area contributed by atoms with Crippen molar-refractivity contribution >= 4 is 27.7 Å². The van der Waals surface area contributed by atoms with Crippen LogP contribution in [0.5, 0.6) is 0 Å². The Labute approximate surface area is 103 Å². The van der Waals surface area contributed by atoms with E-state index in [1.54, 1.807) is 6.20 Å². The summed E-state index contributed by atoms with van der Waals surface area (Å²) in [5, 5.41) is 12.0. The number of pyridine rings is 1. The third-order valence-corrected chi connectivity index (χ3v) is 3.27. The maximum atomic E-state index is 11.0. The Balaban J connectivity index is 2.85. The molecule has 0 amide bonds. The molecule has 0 saturated carbocycles. The highest BCUT2D eigenvalue weighted by atomic mass is 79.9. The minimum absolute atomic E-state index is 0.581. The second kappa shape index (κ2) is 5.84. The molecule has 1 heterocycles. The number of carboxylic acids is 1. The van der Waals surface area contributed by atoms with Gasteiger partial charge in [0.2, 0.25) is 0 Å². The Bertz CT molecular complexity index is 382. The monoisotopic (exact) mass is 286 g/mol. The van der Waals surface area contributed by atoms with Crippen molar-refractivity contribution in [3.05, 3.63) is 22.3 Å². The number of halogens is 1. The molecule has 88 valence electrons.